The van der Waals surface area contributed by atoms with E-state index in [9.17, 15) is 9.59 Å². The number of carbonyl (C=O) groups is 2. The van der Waals surface area contributed by atoms with Gasteiger partial charge in [0.15, 0.2) is 23.3 Å². The lowest BCUT2D eigenvalue weighted by atomic mass is 10.2. The largest absolute Gasteiger partial charge is 0.493 e. The summed E-state index contributed by atoms with van der Waals surface area (Å²) >= 11 is 4.62. The van der Waals surface area contributed by atoms with E-state index < -0.39 is 18.0 Å². The molecule has 9 heteroatoms. The molecule has 1 aromatic heterocycles. The molecule has 3 aromatic rings. The Labute approximate surface area is 186 Å². The summed E-state index contributed by atoms with van der Waals surface area (Å²) in [6.07, 6.45) is -0.979. The average Bonchev–Trinajstić information content (AvgIpc) is 3.25. The third-order valence-electron chi connectivity index (χ3n) is 4.11. The lowest BCUT2D eigenvalue weighted by Gasteiger charge is -2.12. The van der Waals surface area contributed by atoms with Gasteiger partial charge in [-0.1, -0.05) is 15.9 Å². The van der Waals surface area contributed by atoms with Crippen molar-refractivity contribution in [3.8, 4) is 22.1 Å². The standard InChI is InChI=1S/C21H19BrN2O5S/c1-12(19(25)23-15-7-5-14(22)6-8-15)29-21(26)16-11-30-20(24-16)13-4-9-17(27-2)18(10-13)28-3/h4-12H,1-3H3,(H,23,25). The minimum absolute atomic E-state index is 0.132. The number of aromatic nitrogens is 1. The van der Waals surface area contributed by atoms with Gasteiger partial charge in [0, 0.05) is 21.1 Å². The van der Waals surface area contributed by atoms with Crippen LogP contribution in [-0.2, 0) is 9.53 Å². The summed E-state index contributed by atoms with van der Waals surface area (Å²) in [5.74, 6) is 0.0630. The maximum Gasteiger partial charge on any atom is 0.358 e. The molecule has 0 aliphatic carbocycles. The molecule has 1 amide bonds. The molecule has 0 fully saturated rings. The SMILES string of the molecule is COc1ccc(-c2nc(C(=O)OC(C)C(=O)Nc3ccc(Br)cc3)cs2)cc1OC. The molecule has 0 saturated heterocycles. The minimum Gasteiger partial charge on any atom is -0.493 e. The van der Waals surface area contributed by atoms with Gasteiger partial charge in [-0.3, -0.25) is 4.79 Å². The van der Waals surface area contributed by atoms with Gasteiger partial charge in [-0.2, -0.15) is 0 Å². The van der Waals surface area contributed by atoms with Gasteiger partial charge >= 0.3 is 5.97 Å². The first-order valence-electron chi connectivity index (χ1n) is 8.86. The highest BCUT2D eigenvalue weighted by Gasteiger charge is 2.21. The molecule has 1 atom stereocenters. The number of benzene rings is 2. The first-order chi connectivity index (χ1) is 14.4. The normalized spacial score (nSPS) is 11.5. The van der Waals surface area contributed by atoms with Crippen molar-refractivity contribution >= 4 is 44.8 Å². The van der Waals surface area contributed by atoms with Crippen LogP contribution in [0.2, 0.25) is 0 Å². The highest BCUT2D eigenvalue weighted by molar-refractivity contribution is 9.10. The Morgan fingerprint density at radius 2 is 1.77 bits per heavy atom. The van der Waals surface area contributed by atoms with Crippen LogP contribution in [0.15, 0.2) is 52.3 Å². The number of halogens is 1. The van der Waals surface area contributed by atoms with Crippen molar-refractivity contribution in [1.29, 1.82) is 0 Å². The molecule has 1 N–H and O–H groups in total. The summed E-state index contributed by atoms with van der Waals surface area (Å²) in [6, 6.07) is 12.5. The fraction of sp³-hybridized carbons (Fsp3) is 0.190. The molecule has 0 saturated carbocycles. The maximum absolute atomic E-state index is 12.4. The van der Waals surface area contributed by atoms with Crippen molar-refractivity contribution in [3.05, 3.63) is 58.0 Å². The Hall–Kier alpha value is -2.91. The lowest BCUT2D eigenvalue weighted by Crippen LogP contribution is -2.30. The van der Waals surface area contributed by atoms with Crippen LogP contribution >= 0.6 is 27.3 Å². The van der Waals surface area contributed by atoms with E-state index in [1.54, 1.807) is 56.0 Å². The van der Waals surface area contributed by atoms with Crippen molar-refractivity contribution in [1.82, 2.24) is 4.98 Å². The van der Waals surface area contributed by atoms with Crippen LogP contribution in [0.1, 0.15) is 17.4 Å². The number of ether oxygens (including phenoxy) is 3. The molecular weight excluding hydrogens is 472 g/mol. The zero-order chi connectivity index (χ0) is 21.7. The van der Waals surface area contributed by atoms with E-state index >= 15 is 0 Å². The average molecular weight is 491 g/mol. The molecule has 0 radical (unpaired) electrons. The van der Waals surface area contributed by atoms with Crippen molar-refractivity contribution in [2.45, 2.75) is 13.0 Å². The molecule has 0 bridgehead atoms. The second-order valence-electron chi connectivity index (χ2n) is 6.15. The molecule has 1 heterocycles. The van der Waals surface area contributed by atoms with Crippen LogP contribution in [0.3, 0.4) is 0 Å². The van der Waals surface area contributed by atoms with Crippen molar-refractivity contribution in [2.75, 3.05) is 19.5 Å². The van der Waals surface area contributed by atoms with Crippen LogP contribution in [0.4, 0.5) is 5.69 Å². The lowest BCUT2D eigenvalue weighted by molar-refractivity contribution is -0.123. The second kappa shape index (κ2) is 9.73. The number of anilines is 1. The maximum atomic E-state index is 12.4. The highest BCUT2D eigenvalue weighted by atomic mass is 79.9. The fourth-order valence-electron chi connectivity index (χ4n) is 2.52. The summed E-state index contributed by atoms with van der Waals surface area (Å²) in [7, 11) is 3.11. The topological polar surface area (TPSA) is 86.8 Å². The molecule has 7 nitrogen and oxygen atoms in total. The predicted molar refractivity (Wildman–Crippen MR) is 118 cm³/mol. The van der Waals surface area contributed by atoms with Gasteiger partial charge in [0.05, 0.1) is 14.2 Å². The summed E-state index contributed by atoms with van der Waals surface area (Å²) in [5, 5.41) is 4.91. The van der Waals surface area contributed by atoms with Crippen LogP contribution in [0.5, 0.6) is 11.5 Å². The van der Waals surface area contributed by atoms with Gasteiger partial charge in [0.2, 0.25) is 0 Å². The van der Waals surface area contributed by atoms with Gasteiger partial charge in [-0.05, 0) is 49.4 Å². The molecule has 1 unspecified atom stereocenters. The van der Waals surface area contributed by atoms with E-state index in [4.69, 9.17) is 14.2 Å². The summed E-state index contributed by atoms with van der Waals surface area (Å²) in [4.78, 5) is 29.0. The fourth-order valence-corrected chi connectivity index (χ4v) is 3.57. The third kappa shape index (κ3) is 5.17. The van der Waals surface area contributed by atoms with E-state index in [1.807, 2.05) is 6.07 Å². The molecule has 0 aliphatic heterocycles. The van der Waals surface area contributed by atoms with Gasteiger partial charge in [0.1, 0.15) is 5.01 Å². The van der Waals surface area contributed by atoms with E-state index in [1.165, 1.54) is 18.3 Å². The Morgan fingerprint density at radius 3 is 2.43 bits per heavy atom. The molecular formula is C21H19BrN2O5S. The van der Waals surface area contributed by atoms with Crippen LogP contribution < -0.4 is 14.8 Å². The van der Waals surface area contributed by atoms with Crippen LogP contribution in [-0.4, -0.2) is 37.2 Å². The zero-order valence-corrected chi connectivity index (χ0v) is 18.9. The van der Waals surface area contributed by atoms with Gasteiger partial charge in [-0.25, -0.2) is 9.78 Å². The Kier molecular flexibility index (Phi) is 7.07. The Bertz CT molecular complexity index is 1050. The number of nitrogens with one attached hydrogen (secondary N) is 1. The Balaban J connectivity index is 1.65. The van der Waals surface area contributed by atoms with Crippen molar-refractivity contribution in [2.24, 2.45) is 0 Å². The number of hydrogen-bond donors (Lipinski definition) is 1. The van der Waals surface area contributed by atoms with E-state index in [2.05, 4.69) is 26.2 Å². The number of thiazole rings is 1. The number of amides is 1. The van der Waals surface area contributed by atoms with E-state index in [0.29, 0.717) is 22.2 Å². The monoisotopic (exact) mass is 490 g/mol. The number of hydrogen-bond acceptors (Lipinski definition) is 7. The first kappa shape index (κ1) is 21.8. The zero-order valence-electron chi connectivity index (χ0n) is 16.5. The predicted octanol–water partition coefficient (Wildman–Crippen LogP) is 4.77. The molecule has 156 valence electrons. The van der Waals surface area contributed by atoms with Crippen LogP contribution in [0, 0.1) is 0 Å². The first-order valence-corrected chi connectivity index (χ1v) is 10.5. The number of methoxy groups -OCH3 is 2. The highest BCUT2D eigenvalue weighted by Crippen LogP contribution is 2.33. The van der Waals surface area contributed by atoms with Gasteiger partial charge < -0.3 is 19.5 Å². The van der Waals surface area contributed by atoms with Gasteiger partial charge in [-0.15, -0.1) is 11.3 Å². The second-order valence-corrected chi connectivity index (χ2v) is 7.93. The van der Waals surface area contributed by atoms with E-state index in [0.717, 1.165) is 10.0 Å². The van der Waals surface area contributed by atoms with Crippen LogP contribution in [0.25, 0.3) is 10.6 Å². The molecule has 3 rings (SSSR count). The molecule has 0 spiro atoms. The summed E-state index contributed by atoms with van der Waals surface area (Å²) < 4.78 is 16.7. The number of carbonyl (C=O) groups excluding carboxylic acids is 2. The third-order valence-corrected chi connectivity index (χ3v) is 5.53. The van der Waals surface area contributed by atoms with Crippen molar-refractivity contribution < 1.29 is 23.8 Å². The molecule has 0 aliphatic rings. The summed E-state index contributed by atoms with van der Waals surface area (Å²) in [6.45, 7) is 1.51. The number of esters is 1. The molecule has 30 heavy (non-hydrogen) atoms. The molecule has 2 aromatic carbocycles. The van der Waals surface area contributed by atoms with Gasteiger partial charge in [0.25, 0.3) is 5.91 Å². The number of rotatable bonds is 7. The minimum atomic E-state index is -0.979. The Morgan fingerprint density at radius 1 is 1.07 bits per heavy atom. The number of nitrogens with zero attached hydrogens (tertiary/aromatic N) is 1. The summed E-state index contributed by atoms with van der Waals surface area (Å²) in [5.41, 5.74) is 1.52. The quantitative estimate of drug-likeness (QED) is 0.479. The smallest absolute Gasteiger partial charge is 0.358 e. The van der Waals surface area contributed by atoms with Crippen molar-refractivity contribution in [3.63, 3.8) is 0 Å². The van der Waals surface area contributed by atoms with E-state index in [-0.39, 0.29) is 5.69 Å².